The first kappa shape index (κ1) is 23.0. The van der Waals surface area contributed by atoms with E-state index in [4.69, 9.17) is 0 Å². The Morgan fingerprint density at radius 3 is 2.28 bits per heavy atom. The minimum Gasteiger partial charge on any atom is -0.469 e. The molecule has 0 saturated heterocycles. The van der Waals surface area contributed by atoms with Crippen LogP contribution in [0.5, 0.6) is 0 Å². The van der Waals surface area contributed by atoms with Crippen molar-refractivity contribution in [3.05, 3.63) is 64.4 Å². The van der Waals surface area contributed by atoms with E-state index in [0.29, 0.717) is 5.56 Å². The molecular weight excluding hydrogens is 467 g/mol. The summed E-state index contributed by atoms with van der Waals surface area (Å²) in [6.07, 6.45) is -0.183. The first-order valence-electron chi connectivity index (χ1n) is 8.47. The number of amides is 1. The van der Waals surface area contributed by atoms with Crippen molar-refractivity contribution in [2.45, 2.75) is 17.4 Å². The van der Waals surface area contributed by atoms with Gasteiger partial charge in [0.05, 0.1) is 31.0 Å². The molecule has 0 aliphatic rings. The average molecular weight is 487 g/mol. The lowest BCUT2D eigenvalue weighted by molar-refractivity contribution is -0.141. The van der Waals surface area contributed by atoms with Gasteiger partial charge in [0, 0.05) is 11.5 Å². The molecule has 0 radical (unpaired) electrons. The molecule has 1 amide bonds. The van der Waals surface area contributed by atoms with Crippen molar-refractivity contribution in [1.82, 2.24) is 9.62 Å². The fourth-order valence-electron chi connectivity index (χ4n) is 2.51. The van der Waals surface area contributed by atoms with E-state index < -0.39 is 40.3 Å². The third-order valence-electron chi connectivity index (χ3n) is 4.09. The van der Waals surface area contributed by atoms with Crippen LogP contribution in [0.15, 0.2) is 57.9 Å². The van der Waals surface area contributed by atoms with Crippen molar-refractivity contribution in [2.24, 2.45) is 0 Å². The second-order valence-electron chi connectivity index (χ2n) is 6.17. The summed E-state index contributed by atoms with van der Waals surface area (Å²) in [7, 11) is -1.38. The number of ether oxygens (including phenoxy) is 1. The highest BCUT2D eigenvalue weighted by atomic mass is 79.9. The van der Waals surface area contributed by atoms with Gasteiger partial charge in [-0.15, -0.1) is 0 Å². The van der Waals surface area contributed by atoms with Crippen LogP contribution >= 0.6 is 15.9 Å². The number of benzene rings is 2. The number of hydrogen-bond acceptors (Lipinski definition) is 5. The Morgan fingerprint density at radius 2 is 1.72 bits per heavy atom. The molecule has 0 aliphatic heterocycles. The van der Waals surface area contributed by atoms with Crippen LogP contribution in [0.1, 0.15) is 18.0 Å². The van der Waals surface area contributed by atoms with Crippen LogP contribution in [0.3, 0.4) is 0 Å². The van der Waals surface area contributed by atoms with Crippen LogP contribution < -0.4 is 5.32 Å². The van der Waals surface area contributed by atoms with Crippen molar-refractivity contribution in [1.29, 1.82) is 0 Å². The van der Waals surface area contributed by atoms with Crippen LogP contribution in [0, 0.1) is 5.82 Å². The summed E-state index contributed by atoms with van der Waals surface area (Å²) in [5.41, 5.74) is 0.489. The normalized spacial score (nSPS) is 12.4. The Morgan fingerprint density at radius 1 is 1.14 bits per heavy atom. The molecule has 0 spiro atoms. The molecule has 1 atom stereocenters. The molecule has 7 nitrogen and oxygen atoms in total. The molecule has 10 heteroatoms. The fourth-order valence-corrected chi connectivity index (χ4v) is 3.90. The Hall–Kier alpha value is -2.30. The standard InChI is InChI=1S/C19H20BrFN2O5S/c1-23(29(26,27)16-9-5-14(20)6-10-16)12-18(24)22-17(11-19(25)28-2)13-3-7-15(21)8-4-13/h3-10,17H,11-12H2,1-2H3,(H,22,24). The zero-order valence-corrected chi connectivity index (χ0v) is 18.2. The summed E-state index contributed by atoms with van der Waals surface area (Å²) >= 11 is 3.23. The van der Waals surface area contributed by atoms with Gasteiger partial charge in [-0.1, -0.05) is 28.1 Å². The number of carbonyl (C=O) groups is 2. The molecule has 29 heavy (non-hydrogen) atoms. The lowest BCUT2D eigenvalue weighted by Gasteiger charge is -2.21. The monoisotopic (exact) mass is 486 g/mol. The predicted molar refractivity (Wildman–Crippen MR) is 108 cm³/mol. The van der Waals surface area contributed by atoms with Crippen LogP contribution in [0.4, 0.5) is 4.39 Å². The molecule has 2 aromatic carbocycles. The number of likely N-dealkylation sites (N-methyl/N-ethyl adjacent to an activating group) is 1. The number of hydrogen-bond donors (Lipinski definition) is 1. The lowest BCUT2D eigenvalue weighted by Crippen LogP contribution is -2.40. The van der Waals surface area contributed by atoms with Gasteiger partial charge in [0.1, 0.15) is 5.82 Å². The van der Waals surface area contributed by atoms with Gasteiger partial charge >= 0.3 is 5.97 Å². The molecule has 156 valence electrons. The second-order valence-corrected chi connectivity index (χ2v) is 9.13. The number of rotatable bonds is 8. The molecule has 0 bridgehead atoms. The summed E-state index contributed by atoms with van der Waals surface area (Å²) in [4.78, 5) is 24.2. The Labute approximate surface area is 177 Å². The quantitative estimate of drug-likeness (QED) is 0.578. The molecule has 1 N–H and O–H groups in total. The fraction of sp³-hybridized carbons (Fsp3) is 0.263. The lowest BCUT2D eigenvalue weighted by atomic mass is 10.0. The molecule has 2 rings (SSSR count). The number of nitrogens with one attached hydrogen (secondary N) is 1. The van der Waals surface area contributed by atoms with E-state index in [0.717, 1.165) is 8.78 Å². The maximum atomic E-state index is 13.2. The van der Waals surface area contributed by atoms with E-state index in [9.17, 15) is 22.4 Å². The van der Waals surface area contributed by atoms with Crippen LogP contribution in [0.25, 0.3) is 0 Å². The second kappa shape index (κ2) is 9.95. The third-order valence-corrected chi connectivity index (χ3v) is 6.44. The zero-order chi connectivity index (χ0) is 21.6. The maximum Gasteiger partial charge on any atom is 0.307 e. The van der Waals surface area contributed by atoms with Gasteiger partial charge in [0.25, 0.3) is 0 Å². The van der Waals surface area contributed by atoms with Crippen molar-refractivity contribution in [3.8, 4) is 0 Å². The Kier molecular flexibility index (Phi) is 7.88. The van der Waals surface area contributed by atoms with Crippen molar-refractivity contribution in [3.63, 3.8) is 0 Å². The van der Waals surface area contributed by atoms with Gasteiger partial charge < -0.3 is 10.1 Å². The van der Waals surface area contributed by atoms with Crippen LogP contribution in [-0.4, -0.2) is 45.3 Å². The SMILES string of the molecule is COC(=O)CC(NC(=O)CN(C)S(=O)(=O)c1ccc(Br)cc1)c1ccc(F)cc1. The van der Waals surface area contributed by atoms with Gasteiger partial charge in [-0.05, 0) is 42.0 Å². The third kappa shape index (κ3) is 6.34. The summed E-state index contributed by atoms with van der Waals surface area (Å²) in [5.74, 6) is -1.65. The Bertz CT molecular complexity index is 965. The first-order valence-corrected chi connectivity index (χ1v) is 10.7. The molecule has 0 aromatic heterocycles. The highest BCUT2D eigenvalue weighted by Gasteiger charge is 2.25. The number of carbonyl (C=O) groups excluding carboxylic acids is 2. The number of sulfonamides is 1. The van der Waals surface area contributed by atoms with Gasteiger partial charge in [0.2, 0.25) is 15.9 Å². The summed E-state index contributed by atoms with van der Waals surface area (Å²) in [6.45, 7) is -0.461. The summed E-state index contributed by atoms with van der Waals surface area (Å²) in [6, 6.07) is 10.5. The van der Waals surface area contributed by atoms with Crippen molar-refractivity contribution < 1.29 is 27.1 Å². The molecule has 0 aliphatic carbocycles. The molecule has 0 heterocycles. The molecule has 0 saturated carbocycles. The predicted octanol–water partition coefficient (Wildman–Crippen LogP) is 2.63. The first-order chi connectivity index (χ1) is 13.6. The summed E-state index contributed by atoms with van der Waals surface area (Å²) in [5, 5.41) is 2.61. The molecule has 2 aromatic rings. The Balaban J connectivity index is 2.13. The van der Waals surface area contributed by atoms with E-state index >= 15 is 0 Å². The smallest absolute Gasteiger partial charge is 0.307 e. The van der Waals surface area contributed by atoms with Crippen molar-refractivity contribution >= 4 is 37.8 Å². The molecule has 0 fully saturated rings. The highest BCUT2D eigenvalue weighted by molar-refractivity contribution is 9.10. The largest absolute Gasteiger partial charge is 0.469 e. The molecule has 1 unspecified atom stereocenters. The summed E-state index contributed by atoms with van der Waals surface area (Å²) < 4.78 is 44.7. The topological polar surface area (TPSA) is 92.8 Å². The number of nitrogens with zero attached hydrogens (tertiary/aromatic N) is 1. The van der Waals surface area contributed by atoms with Crippen LogP contribution in [0.2, 0.25) is 0 Å². The minimum absolute atomic E-state index is 0.0423. The average Bonchev–Trinajstić information content (AvgIpc) is 2.68. The highest BCUT2D eigenvalue weighted by Crippen LogP contribution is 2.20. The minimum atomic E-state index is -3.87. The van der Waals surface area contributed by atoms with E-state index in [1.165, 1.54) is 50.6 Å². The van der Waals surface area contributed by atoms with E-state index in [2.05, 4.69) is 26.0 Å². The van der Waals surface area contributed by atoms with Gasteiger partial charge in [-0.3, -0.25) is 9.59 Å². The van der Waals surface area contributed by atoms with Gasteiger partial charge in [0.15, 0.2) is 0 Å². The number of esters is 1. The van der Waals surface area contributed by atoms with Crippen molar-refractivity contribution in [2.75, 3.05) is 20.7 Å². The number of methoxy groups -OCH3 is 1. The zero-order valence-electron chi connectivity index (χ0n) is 15.8. The van der Waals surface area contributed by atoms with Gasteiger partial charge in [-0.25, -0.2) is 12.8 Å². The number of halogens is 2. The van der Waals surface area contributed by atoms with Gasteiger partial charge in [-0.2, -0.15) is 4.31 Å². The van der Waals surface area contributed by atoms with E-state index in [1.54, 1.807) is 12.1 Å². The van der Waals surface area contributed by atoms with Crippen LogP contribution in [-0.2, 0) is 24.3 Å². The van der Waals surface area contributed by atoms with E-state index in [-0.39, 0.29) is 11.3 Å². The molecular formula is C19H20BrFN2O5S. The maximum absolute atomic E-state index is 13.2. The van der Waals surface area contributed by atoms with E-state index in [1.807, 2.05) is 0 Å².